The van der Waals surface area contributed by atoms with Crippen LogP contribution in [-0.4, -0.2) is 117 Å². The zero-order valence-electron chi connectivity index (χ0n) is 62.4. The van der Waals surface area contributed by atoms with Crippen LogP contribution in [0.1, 0.15) is 66.8 Å². The summed E-state index contributed by atoms with van der Waals surface area (Å²) in [5.74, 6) is -4.14. The van der Waals surface area contributed by atoms with Crippen molar-refractivity contribution in [2.45, 2.75) is 33.5 Å². The Hall–Kier alpha value is -13.3. The van der Waals surface area contributed by atoms with Gasteiger partial charge in [-0.05, 0) is 237 Å². The quantitative estimate of drug-likeness (QED) is 0.0340. The summed E-state index contributed by atoms with van der Waals surface area (Å²) < 4.78 is 48.7. The van der Waals surface area contributed by atoms with Crippen LogP contribution in [0, 0.1) is 6.92 Å². The zero-order valence-corrected chi connectivity index (χ0v) is 67.0. The smallest absolute Gasteiger partial charge is 0.490 e. The Labute approximate surface area is 700 Å². The van der Waals surface area contributed by atoms with Crippen LogP contribution >= 0.6 is 69.6 Å². The molecule has 0 radical (unpaired) electrons. The number of aliphatic carboxylic acids is 1. The van der Waals surface area contributed by atoms with E-state index in [4.69, 9.17) is 110 Å². The fourth-order valence-corrected chi connectivity index (χ4v) is 12.2. The standard InChI is InChI=1S/C23H21ClN4O3.C15H13ClN4O2.C13H9ClN4O2.C11H7ClO2.C11H9Cl.C10H8ClN.C2HF3O2/c1-3-31-23(29)21-22(25-19-9-7-16-12-18(24)8-6-17(16)13-19)28(27-26-21)14-15-4-10-20(30-2)11-5-15;1-2-22-15(21)13-14(19-20-18-13)17-12-6-4-9-7-11(16)5-3-10(9)8-12;14-9-3-1-8-6-10(4-2-7(8)5-9)15-12-11(13(19)20)16-18-17-12;12-10-4-3-7-5-9(11(13)14)2-1-8(7)6-10;1-8-2-3-10-7-11(12)5-4-9(10)6-8;11-9-3-1-8-6-10(12)4-2-7(8)5-9;3-2(4,5)1(6)7/h4-13,25H,3,14H2,1-2H3;3-8H,2H2,1H3,(H2,17,18,19,20);1-6H,(H,19,20)(H2,15,16,17,18);1-6H,(H,13,14);2-7H,1H3;1-6H,12H2;(H,6,7). The number of nitrogen functional groups attached to an aromatic ring is 1. The Bertz CT molecular complexity index is 6130. The molecule has 0 bridgehead atoms. The number of nitrogens with one attached hydrogen (secondary N) is 5. The van der Waals surface area contributed by atoms with Gasteiger partial charge in [-0.2, -0.15) is 23.6 Å². The number of hydrogen-bond donors (Lipinski definition) is 9. The van der Waals surface area contributed by atoms with Crippen molar-refractivity contribution in [1.82, 2.24) is 45.8 Å². The van der Waals surface area contributed by atoms with Crippen LogP contribution < -0.4 is 26.4 Å². The molecule has 10 N–H and O–H groups in total. The normalized spacial score (nSPS) is 10.7. The monoisotopic (exact) mass is 1710 g/mol. The van der Waals surface area contributed by atoms with E-state index in [2.05, 4.69) is 82.2 Å². The summed E-state index contributed by atoms with van der Waals surface area (Å²) in [6, 6.07) is 75.9. The fraction of sp³-hybridized carbons (Fsp3) is 0.0941. The Morgan fingerprint density at radius 2 is 0.788 bits per heavy atom. The summed E-state index contributed by atoms with van der Waals surface area (Å²) in [6.07, 6.45) is -5.08. The molecule has 0 spiro atoms. The predicted molar refractivity (Wildman–Crippen MR) is 457 cm³/mol. The number of H-pyrrole nitrogens is 2. The largest absolute Gasteiger partial charge is 0.497 e. The minimum Gasteiger partial charge on any atom is -0.497 e. The number of hydrogen-bond acceptors (Lipinski definition) is 18. The number of nitrogens with zero attached hydrogens (tertiary/aromatic N) is 7. The van der Waals surface area contributed by atoms with Gasteiger partial charge in [-0.15, -0.1) is 25.5 Å². The van der Waals surface area contributed by atoms with Gasteiger partial charge in [0, 0.05) is 52.9 Å². The highest BCUT2D eigenvalue weighted by Crippen LogP contribution is 2.32. The van der Waals surface area contributed by atoms with E-state index in [9.17, 15) is 32.3 Å². The highest BCUT2D eigenvalue weighted by atomic mass is 35.5. The number of rotatable bonds is 15. The second-order valence-corrected chi connectivity index (χ2v) is 27.8. The van der Waals surface area contributed by atoms with Crippen LogP contribution in [0.5, 0.6) is 5.75 Å². The molecule has 16 rings (SSSR count). The molecule has 118 heavy (non-hydrogen) atoms. The van der Waals surface area contributed by atoms with Gasteiger partial charge in [0.1, 0.15) is 5.75 Å². The van der Waals surface area contributed by atoms with Gasteiger partial charge in [0.25, 0.3) is 0 Å². The molecule has 602 valence electrons. The summed E-state index contributed by atoms with van der Waals surface area (Å²) in [7, 11) is 1.62. The van der Waals surface area contributed by atoms with Gasteiger partial charge in [-0.1, -0.05) is 177 Å². The molecular weight excluding hydrogens is 1650 g/mol. The molecule has 0 aliphatic carbocycles. The van der Waals surface area contributed by atoms with Crippen molar-refractivity contribution in [2.24, 2.45) is 0 Å². The van der Waals surface area contributed by atoms with E-state index in [1.165, 1.54) is 16.3 Å². The van der Waals surface area contributed by atoms with E-state index in [0.717, 1.165) is 98.0 Å². The Morgan fingerprint density at radius 3 is 1.20 bits per heavy atom. The first-order valence-corrected chi connectivity index (χ1v) is 37.4. The number of methoxy groups -OCH3 is 1. The maximum atomic E-state index is 12.4. The molecule has 0 aliphatic heterocycles. The van der Waals surface area contributed by atoms with E-state index < -0.39 is 36.0 Å². The Balaban J connectivity index is 0.000000151. The number of carboxylic acid groups (broad SMARTS) is 3. The number of aromatic carboxylic acids is 2. The number of fused-ring (bicyclic) bond motifs is 6. The number of carbonyl (C=O) groups excluding carboxylic acids is 2. The third-order valence-electron chi connectivity index (χ3n) is 16.7. The van der Waals surface area contributed by atoms with Crippen LogP contribution in [0.25, 0.3) is 64.6 Å². The number of carboxylic acids is 3. The predicted octanol–water partition coefficient (Wildman–Crippen LogP) is 22.3. The average Bonchev–Trinajstić information content (AvgIpc) is 1.63. The van der Waals surface area contributed by atoms with Crippen molar-refractivity contribution < 1.29 is 66.7 Å². The lowest BCUT2D eigenvalue weighted by Gasteiger charge is -2.12. The minimum atomic E-state index is -5.08. The minimum absolute atomic E-state index is 0.123. The van der Waals surface area contributed by atoms with Crippen LogP contribution in [0.2, 0.25) is 30.1 Å². The van der Waals surface area contributed by atoms with E-state index >= 15 is 0 Å². The molecule has 16 aromatic rings. The SMILES string of the molecule is CCOC(=O)c1n[nH]nc1Nc1ccc2cc(Cl)ccc2c1.CCOC(=O)c1nnn(Cc2ccc(OC)cc2)c1Nc1ccc2cc(Cl)ccc2c1.Cc1ccc2cc(Cl)ccc2c1.Nc1ccc2cc(Cl)ccc2c1.O=C(O)C(F)(F)F.O=C(O)c1ccc2cc(Cl)ccc2c1.O=C(O)c1n[nH]nc1Nc1ccc2cc(Cl)ccc2c1. The molecular formula is C85H68Cl6F3N13O11. The van der Waals surface area contributed by atoms with Gasteiger partial charge in [-0.3, -0.25) is 0 Å². The van der Waals surface area contributed by atoms with Gasteiger partial charge in [0.15, 0.2) is 17.5 Å². The molecule has 33 heteroatoms. The van der Waals surface area contributed by atoms with Crippen molar-refractivity contribution in [3.05, 3.63) is 307 Å². The molecule has 0 amide bonds. The van der Waals surface area contributed by atoms with Gasteiger partial charge < -0.3 is 51.2 Å². The van der Waals surface area contributed by atoms with Gasteiger partial charge in [0.2, 0.25) is 17.1 Å². The zero-order chi connectivity index (χ0) is 84.7. The Morgan fingerprint density at radius 1 is 0.432 bits per heavy atom. The molecule has 0 atom stereocenters. The van der Waals surface area contributed by atoms with Crippen molar-refractivity contribution >= 4 is 204 Å². The number of alkyl halides is 3. The number of carbonyl (C=O) groups is 5. The highest BCUT2D eigenvalue weighted by molar-refractivity contribution is 6.33. The first-order valence-electron chi connectivity index (χ1n) is 35.2. The number of anilines is 7. The van der Waals surface area contributed by atoms with E-state index in [0.29, 0.717) is 43.8 Å². The number of aromatic nitrogens is 9. The average molecular weight is 1720 g/mol. The lowest BCUT2D eigenvalue weighted by Crippen LogP contribution is -2.21. The Kier molecular flexibility index (Phi) is 30.1. The van der Waals surface area contributed by atoms with Crippen molar-refractivity contribution in [2.75, 3.05) is 42.0 Å². The molecule has 13 aromatic carbocycles. The molecule has 24 nitrogen and oxygen atoms in total. The number of aryl methyl sites for hydroxylation is 1. The van der Waals surface area contributed by atoms with Crippen LogP contribution in [0.3, 0.4) is 0 Å². The third kappa shape index (κ3) is 24.6. The van der Waals surface area contributed by atoms with E-state index in [1.54, 1.807) is 56.0 Å². The molecule has 0 aliphatic rings. The summed E-state index contributed by atoms with van der Waals surface area (Å²) in [5, 5.41) is 79.0. The van der Waals surface area contributed by atoms with E-state index in [1.807, 2.05) is 194 Å². The molecule has 3 aromatic heterocycles. The molecule has 0 saturated heterocycles. The second-order valence-electron chi connectivity index (χ2n) is 25.1. The van der Waals surface area contributed by atoms with Crippen LogP contribution in [-0.2, 0) is 20.8 Å². The second kappa shape index (κ2) is 40.8. The molecule has 3 heterocycles. The van der Waals surface area contributed by atoms with Gasteiger partial charge >= 0.3 is 36.0 Å². The molecule has 0 unspecified atom stereocenters. The first kappa shape index (κ1) is 87.1. The summed E-state index contributed by atoms with van der Waals surface area (Å²) in [4.78, 5) is 54.7. The van der Waals surface area contributed by atoms with Crippen molar-refractivity contribution in [3.63, 3.8) is 0 Å². The number of nitrogens with two attached hydrogens (primary N) is 1. The van der Waals surface area contributed by atoms with Crippen LogP contribution in [0.4, 0.5) is 53.4 Å². The van der Waals surface area contributed by atoms with Gasteiger partial charge in [0.05, 0.1) is 32.4 Å². The summed E-state index contributed by atoms with van der Waals surface area (Å²) in [6.45, 7) is 6.53. The number of halogens is 9. The third-order valence-corrected chi connectivity index (χ3v) is 18.1. The van der Waals surface area contributed by atoms with E-state index in [-0.39, 0.29) is 36.1 Å². The highest BCUT2D eigenvalue weighted by Gasteiger charge is 2.38. The topological polar surface area (TPSA) is 350 Å². The fourth-order valence-electron chi connectivity index (χ4n) is 11.1. The molecule has 0 fully saturated rings. The maximum absolute atomic E-state index is 12.4. The lowest BCUT2D eigenvalue weighted by atomic mass is 10.1. The van der Waals surface area contributed by atoms with Gasteiger partial charge in [-0.25, -0.2) is 28.7 Å². The molecule has 0 saturated carbocycles. The van der Waals surface area contributed by atoms with Crippen LogP contribution in [0.15, 0.2) is 243 Å². The first-order chi connectivity index (χ1) is 56.5. The number of benzene rings is 13. The number of esters is 2. The number of aromatic amines is 2. The van der Waals surface area contributed by atoms with Crippen molar-refractivity contribution in [3.8, 4) is 5.75 Å². The summed E-state index contributed by atoms with van der Waals surface area (Å²) in [5.41, 5.74) is 11.4. The summed E-state index contributed by atoms with van der Waals surface area (Å²) >= 11 is 35.5. The lowest BCUT2D eigenvalue weighted by molar-refractivity contribution is -0.192. The maximum Gasteiger partial charge on any atom is 0.490 e. The van der Waals surface area contributed by atoms with Crippen molar-refractivity contribution in [1.29, 1.82) is 0 Å². The number of ether oxygens (including phenoxy) is 3.